The summed E-state index contributed by atoms with van der Waals surface area (Å²) in [6.07, 6.45) is 11.9. The number of rotatable bonds is 3. The fourth-order valence-corrected chi connectivity index (χ4v) is 3.22. The van der Waals surface area contributed by atoms with Gasteiger partial charge in [0.15, 0.2) is 0 Å². The van der Waals surface area contributed by atoms with Gasteiger partial charge < -0.3 is 4.90 Å². The van der Waals surface area contributed by atoms with E-state index in [-0.39, 0.29) is 5.91 Å². The van der Waals surface area contributed by atoms with Crippen LogP contribution in [0.15, 0.2) is 22.8 Å². The third kappa shape index (κ3) is 2.97. The molecule has 0 unspecified atom stereocenters. The lowest BCUT2D eigenvalue weighted by Gasteiger charge is -2.34. The molecule has 18 heavy (non-hydrogen) atoms. The van der Waals surface area contributed by atoms with Crippen molar-refractivity contribution in [3.8, 4) is 0 Å². The van der Waals surface area contributed by atoms with Crippen LogP contribution in [0, 0.1) is 0 Å². The Kier molecular flexibility index (Phi) is 4.87. The van der Waals surface area contributed by atoms with Gasteiger partial charge >= 0.3 is 0 Å². The average Bonchev–Trinajstić information content (AvgIpc) is 2.41. The molecular weight excluding hydrogens is 246 g/mol. The maximum Gasteiger partial charge on any atom is 0.255 e. The molecule has 2 rings (SSSR count). The van der Waals surface area contributed by atoms with Crippen molar-refractivity contribution in [2.24, 2.45) is 0 Å². The molecule has 0 atom stereocenters. The Hall–Kier alpha value is -0.760. The number of carbonyl (C=O) groups excluding carboxylic acids is 1. The standard InChI is InChI=1S/C15H22ClNO/c1-2-17(12-8-4-3-5-9-12)15(18)13-10-6-7-11-14(13)16/h10-12H,2-9H2,1H3. The van der Waals surface area contributed by atoms with Crippen LogP contribution in [0.1, 0.15) is 51.9 Å². The van der Waals surface area contributed by atoms with Crippen LogP contribution in [0.5, 0.6) is 0 Å². The zero-order chi connectivity index (χ0) is 13.0. The first-order chi connectivity index (χ1) is 8.74. The second-order valence-corrected chi connectivity index (χ2v) is 5.54. The topological polar surface area (TPSA) is 20.3 Å². The molecule has 0 aromatic rings. The van der Waals surface area contributed by atoms with Gasteiger partial charge in [-0.3, -0.25) is 4.79 Å². The van der Waals surface area contributed by atoms with Crippen molar-refractivity contribution in [1.82, 2.24) is 4.90 Å². The maximum absolute atomic E-state index is 12.6. The van der Waals surface area contributed by atoms with Gasteiger partial charge in [-0.2, -0.15) is 0 Å². The Bertz CT molecular complexity index is 367. The van der Waals surface area contributed by atoms with Gasteiger partial charge in [0.05, 0.1) is 5.57 Å². The number of nitrogens with zero attached hydrogens (tertiary/aromatic N) is 1. The van der Waals surface area contributed by atoms with Crippen LogP contribution in [-0.2, 0) is 4.79 Å². The molecule has 3 heteroatoms. The molecule has 0 aromatic heterocycles. The lowest BCUT2D eigenvalue weighted by Crippen LogP contribution is -2.42. The minimum Gasteiger partial charge on any atom is -0.336 e. The van der Waals surface area contributed by atoms with Crippen molar-refractivity contribution in [3.05, 3.63) is 22.8 Å². The lowest BCUT2D eigenvalue weighted by atomic mass is 9.93. The van der Waals surface area contributed by atoms with Crippen LogP contribution in [0.3, 0.4) is 0 Å². The molecule has 0 aromatic carbocycles. The van der Waals surface area contributed by atoms with Gasteiger partial charge in [0.25, 0.3) is 5.91 Å². The third-order valence-corrected chi connectivity index (χ3v) is 4.30. The highest BCUT2D eigenvalue weighted by Crippen LogP contribution is 2.28. The van der Waals surface area contributed by atoms with E-state index in [1.54, 1.807) is 0 Å². The first kappa shape index (κ1) is 13.7. The van der Waals surface area contributed by atoms with Crippen molar-refractivity contribution in [3.63, 3.8) is 0 Å². The number of halogens is 1. The van der Waals surface area contributed by atoms with E-state index in [0.717, 1.165) is 37.8 Å². The van der Waals surface area contributed by atoms with E-state index < -0.39 is 0 Å². The summed E-state index contributed by atoms with van der Waals surface area (Å²) < 4.78 is 0. The Morgan fingerprint density at radius 1 is 1.28 bits per heavy atom. The Labute approximate surface area is 115 Å². The van der Waals surface area contributed by atoms with Crippen molar-refractivity contribution in [1.29, 1.82) is 0 Å². The summed E-state index contributed by atoms with van der Waals surface area (Å²) in [6.45, 7) is 2.85. The summed E-state index contributed by atoms with van der Waals surface area (Å²) in [4.78, 5) is 14.6. The first-order valence-corrected chi connectivity index (χ1v) is 7.49. The number of carbonyl (C=O) groups is 1. The lowest BCUT2D eigenvalue weighted by molar-refractivity contribution is -0.129. The van der Waals surface area contributed by atoms with Gasteiger partial charge in [-0.05, 0) is 32.6 Å². The van der Waals surface area contributed by atoms with Crippen molar-refractivity contribution in [2.45, 2.75) is 57.9 Å². The van der Waals surface area contributed by atoms with Gasteiger partial charge in [-0.1, -0.05) is 43.0 Å². The number of amides is 1. The number of likely N-dealkylation sites (N-methyl/N-ethyl adjacent to an activating group) is 1. The van der Waals surface area contributed by atoms with Gasteiger partial charge in [0.2, 0.25) is 0 Å². The van der Waals surface area contributed by atoms with Crippen LogP contribution in [0.2, 0.25) is 0 Å². The molecule has 2 aliphatic carbocycles. The highest BCUT2D eigenvalue weighted by Gasteiger charge is 2.27. The molecule has 0 spiro atoms. The normalized spacial score (nSPS) is 21.2. The molecule has 1 saturated carbocycles. The average molecular weight is 268 g/mol. The van der Waals surface area contributed by atoms with Gasteiger partial charge in [0.1, 0.15) is 0 Å². The van der Waals surface area contributed by atoms with E-state index in [9.17, 15) is 4.79 Å². The van der Waals surface area contributed by atoms with Gasteiger partial charge in [0, 0.05) is 17.6 Å². The molecule has 2 aliphatic rings. The van der Waals surface area contributed by atoms with Crippen LogP contribution in [0.25, 0.3) is 0 Å². The fourth-order valence-electron chi connectivity index (χ4n) is 2.95. The first-order valence-electron chi connectivity index (χ1n) is 7.11. The second kappa shape index (κ2) is 6.42. The molecule has 1 fully saturated rings. The minimum absolute atomic E-state index is 0.130. The second-order valence-electron chi connectivity index (χ2n) is 5.13. The van der Waals surface area contributed by atoms with Crippen molar-refractivity contribution < 1.29 is 4.79 Å². The molecule has 100 valence electrons. The van der Waals surface area contributed by atoms with Crippen LogP contribution in [0.4, 0.5) is 0 Å². The van der Waals surface area contributed by atoms with Crippen LogP contribution < -0.4 is 0 Å². The quantitative estimate of drug-likeness (QED) is 0.757. The van der Waals surface area contributed by atoms with Crippen molar-refractivity contribution >= 4 is 17.5 Å². The molecule has 0 radical (unpaired) electrons. The molecule has 2 nitrogen and oxygen atoms in total. The summed E-state index contributed by atoms with van der Waals surface area (Å²) in [5, 5.41) is 0.639. The summed E-state index contributed by atoms with van der Waals surface area (Å²) >= 11 is 6.16. The maximum atomic E-state index is 12.6. The molecular formula is C15H22ClNO. The molecule has 1 amide bonds. The van der Waals surface area contributed by atoms with Crippen LogP contribution in [-0.4, -0.2) is 23.4 Å². The van der Waals surface area contributed by atoms with Crippen LogP contribution >= 0.6 is 11.6 Å². The van der Waals surface area contributed by atoms with Gasteiger partial charge in [-0.25, -0.2) is 0 Å². The predicted molar refractivity (Wildman–Crippen MR) is 75.5 cm³/mol. The smallest absolute Gasteiger partial charge is 0.255 e. The van der Waals surface area contributed by atoms with E-state index in [1.807, 2.05) is 17.1 Å². The summed E-state index contributed by atoms with van der Waals surface area (Å²) in [5.41, 5.74) is 0.718. The number of hydrogen-bond donors (Lipinski definition) is 0. The SMILES string of the molecule is CCN(C(=O)C1=CCCC=C1Cl)C1CCCCC1. The van der Waals surface area contributed by atoms with E-state index in [0.29, 0.717) is 11.1 Å². The highest BCUT2D eigenvalue weighted by atomic mass is 35.5. The van der Waals surface area contributed by atoms with E-state index in [2.05, 4.69) is 6.92 Å². The monoisotopic (exact) mass is 267 g/mol. The van der Waals surface area contributed by atoms with E-state index in [1.165, 1.54) is 19.3 Å². The zero-order valence-electron chi connectivity index (χ0n) is 11.1. The highest BCUT2D eigenvalue weighted by molar-refractivity contribution is 6.35. The Morgan fingerprint density at radius 2 is 1.94 bits per heavy atom. The molecule has 0 N–H and O–H groups in total. The Balaban J connectivity index is 2.09. The number of hydrogen-bond acceptors (Lipinski definition) is 1. The number of allylic oxidation sites excluding steroid dienone is 2. The molecule has 0 bridgehead atoms. The van der Waals surface area contributed by atoms with Crippen molar-refractivity contribution in [2.75, 3.05) is 6.54 Å². The largest absolute Gasteiger partial charge is 0.336 e. The zero-order valence-corrected chi connectivity index (χ0v) is 11.9. The summed E-state index contributed by atoms with van der Waals surface area (Å²) in [5.74, 6) is 0.130. The van der Waals surface area contributed by atoms with E-state index in [4.69, 9.17) is 11.6 Å². The third-order valence-electron chi connectivity index (χ3n) is 3.94. The minimum atomic E-state index is 0.130. The van der Waals surface area contributed by atoms with Gasteiger partial charge in [-0.15, -0.1) is 0 Å². The fraction of sp³-hybridized carbons (Fsp3) is 0.667. The molecule has 0 aliphatic heterocycles. The summed E-state index contributed by atoms with van der Waals surface area (Å²) in [7, 11) is 0. The van der Waals surface area contributed by atoms with E-state index >= 15 is 0 Å². The summed E-state index contributed by atoms with van der Waals surface area (Å²) in [6, 6.07) is 0.420. The molecule has 0 saturated heterocycles. The molecule has 0 heterocycles. The Morgan fingerprint density at radius 3 is 2.56 bits per heavy atom. The predicted octanol–water partition coefficient (Wildman–Crippen LogP) is 4.01.